The maximum Gasteiger partial charge on any atom is 0.472 e. The Morgan fingerprint density at radius 3 is 0.807 bits per heavy atom. The van der Waals surface area contributed by atoms with Gasteiger partial charge >= 0.3 is 39.5 Å². The molecule has 0 aliphatic rings. The molecule has 19 heteroatoms. The molecule has 0 amide bonds. The van der Waals surface area contributed by atoms with Crippen molar-refractivity contribution in [2.45, 2.75) is 356 Å². The van der Waals surface area contributed by atoms with Crippen molar-refractivity contribution in [3.8, 4) is 0 Å². The first-order valence-corrected chi connectivity index (χ1v) is 38.7. The van der Waals surface area contributed by atoms with Crippen LogP contribution in [0.5, 0.6) is 0 Å². The number of phosphoric ester groups is 2. The predicted molar refractivity (Wildman–Crippen MR) is 354 cm³/mol. The van der Waals surface area contributed by atoms with Gasteiger partial charge in [0.1, 0.15) is 19.3 Å². The van der Waals surface area contributed by atoms with E-state index in [4.69, 9.17) is 37.0 Å². The molecule has 17 nitrogen and oxygen atoms in total. The predicted octanol–water partition coefficient (Wildman–Crippen LogP) is 19.3. The van der Waals surface area contributed by atoms with E-state index in [0.29, 0.717) is 37.5 Å². The van der Waals surface area contributed by atoms with Crippen LogP contribution < -0.4 is 0 Å². The third kappa shape index (κ3) is 61.6. The molecule has 3 unspecified atom stereocenters. The van der Waals surface area contributed by atoms with Crippen LogP contribution in [0.3, 0.4) is 0 Å². The number of esters is 4. The first kappa shape index (κ1) is 86.1. The largest absolute Gasteiger partial charge is 0.472 e. The number of rotatable bonds is 66. The van der Waals surface area contributed by atoms with Gasteiger partial charge in [0.25, 0.3) is 0 Å². The molecule has 0 aromatic carbocycles. The van der Waals surface area contributed by atoms with E-state index >= 15 is 0 Å². The number of carbonyl (C=O) groups is 4. The van der Waals surface area contributed by atoms with Gasteiger partial charge in [-0.1, -0.05) is 287 Å². The van der Waals surface area contributed by atoms with E-state index in [2.05, 4.69) is 55.4 Å². The van der Waals surface area contributed by atoms with Crippen molar-refractivity contribution >= 4 is 39.5 Å². The minimum atomic E-state index is -4.95. The molecule has 88 heavy (non-hydrogen) atoms. The second-order valence-electron chi connectivity index (χ2n) is 26.6. The molecule has 3 N–H and O–H groups in total. The van der Waals surface area contributed by atoms with Crippen molar-refractivity contribution in [2.24, 2.45) is 23.7 Å². The van der Waals surface area contributed by atoms with E-state index in [1.807, 2.05) is 0 Å². The summed E-state index contributed by atoms with van der Waals surface area (Å²) in [5.41, 5.74) is 0. The Morgan fingerprint density at radius 2 is 0.545 bits per heavy atom. The molecule has 0 radical (unpaired) electrons. The van der Waals surface area contributed by atoms with Gasteiger partial charge in [-0.05, 0) is 49.4 Å². The van der Waals surface area contributed by atoms with Crippen LogP contribution in [-0.4, -0.2) is 96.7 Å². The fraction of sp³-hybridized carbons (Fsp3) is 0.942. The van der Waals surface area contributed by atoms with Gasteiger partial charge in [0, 0.05) is 25.7 Å². The number of aliphatic hydroxyl groups is 1. The van der Waals surface area contributed by atoms with Gasteiger partial charge in [-0.25, -0.2) is 9.13 Å². The SMILES string of the molecule is CCC(C)CCCCCCCCCCCCCCCCC(=O)O[C@H](COC(=O)CCCCCCCCC(C)C)COP(=O)(O)OC[C@@H](O)COP(=O)(O)OC[C@@H](COC(=O)CCCCCCCCC(C)C)OC(=O)CCCCCCCCCCCC(C)C. The maximum absolute atomic E-state index is 13.0. The summed E-state index contributed by atoms with van der Waals surface area (Å²) in [7, 11) is -9.90. The second-order valence-corrected chi connectivity index (χ2v) is 29.5. The van der Waals surface area contributed by atoms with Crippen LogP contribution in [0.15, 0.2) is 0 Å². The number of ether oxygens (including phenoxy) is 4. The minimum absolute atomic E-state index is 0.104. The lowest BCUT2D eigenvalue weighted by Gasteiger charge is -2.21. The summed E-state index contributed by atoms with van der Waals surface area (Å²) in [6.07, 6.45) is 40.6. The Balaban J connectivity index is 5.20. The Kier molecular flexibility index (Phi) is 57.6. The summed E-state index contributed by atoms with van der Waals surface area (Å²) in [5.74, 6) is 0.806. The lowest BCUT2D eigenvalue weighted by atomic mass is 9.99. The topological polar surface area (TPSA) is 237 Å². The number of carbonyl (C=O) groups excluding carboxylic acids is 4. The zero-order valence-corrected chi connectivity index (χ0v) is 59.1. The number of phosphoric acid groups is 2. The van der Waals surface area contributed by atoms with Crippen molar-refractivity contribution in [1.82, 2.24) is 0 Å². The standard InChI is InChI=1S/C69H134O17P2/c1-9-62(8)48-40-32-22-18-14-12-10-11-13-15-19-23-35-43-51-68(73)85-64(55-79-66(71)49-41-33-27-25-30-38-46-60(4)5)57-83-87(75,76)81-53-63(70)54-82-88(77,78)84-58-65(56-80-67(72)50-42-34-28-26-31-39-47-61(6)7)86-69(74)52-44-36-24-20-16-17-21-29-37-45-59(2)3/h59-65,70H,9-58H2,1-8H3,(H,75,76)(H,77,78)/t62?,63-,64-,65-/m1/s1. The molecule has 6 atom stereocenters. The van der Waals surface area contributed by atoms with Crippen LogP contribution in [0.1, 0.15) is 338 Å². The molecule has 0 aliphatic carbocycles. The lowest BCUT2D eigenvalue weighted by Crippen LogP contribution is -2.30. The van der Waals surface area contributed by atoms with Crippen molar-refractivity contribution in [1.29, 1.82) is 0 Å². The van der Waals surface area contributed by atoms with Gasteiger partial charge in [0.2, 0.25) is 0 Å². The average molecular weight is 1300 g/mol. The van der Waals surface area contributed by atoms with Gasteiger partial charge < -0.3 is 33.8 Å². The third-order valence-electron chi connectivity index (χ3n) is 16.2. The highest BCUT2D eigenvalue weighted by Crippen LogP contribution is 2.45. The second kappa shape index (κ2) is 58.8. The highest BCUT2D eigenvalue weighted by molar-refractivity contribution is 7.47. The van der Waals surface area contributed by atoms with Crippen LogP contribution in [-0.2, 0) is 65.4 Å². The summed E-state index contributed by atoms with van der Waals surface area (Å²) < 4.78 is 68.1. The van der Waals surface area contributed by atoms with Gasteiger partial charge in [0.15, 0.2) is 12.2 Å². The highest BCUT2D eigenvalue weighted by atomic mass is 31.2. The van der Waals surface area contributed by atoms with Crippen molar-refractivity contribution in [3.63, 3.8) is 0 Å². The molecule has 0 spiro atoms. The molecule has 0 heterocycles. The Morgan fingerprint density at radius 1 is 0.318 bits per heavy atom. The summed E-state index contributed by atoms with van der Waals surface area (Å²) >= 11 is 0. The van der Waals surface area contributed by atoms with E-state index in [1.165, 1.54) is 128 Å². The Hall–Kier alpha value is -1.94. The fourth-order valence-corrected chi connectivity index (χ4v) is 11.9. The van der Waals surface area contributed by atoms with E-state index in [0.717, 1.165) is 115 Å². The van der Waals surface area contributed by atoms with Crippen molar-refractivity contribution in [2.75, 3.05) is 39.6 Å². The summed E-state index contributed by atoms with van der Waals surface area (Å²) in [6.45, 7) is 14.0. The number of hydrogen-bond acceptors (Lipinski definition) is 15. The van der Waals surface area contributed by atoms with Crippen molar-refractivity contribution in [3.05, 3.63) is 0 Å². The molecule has 0 aliphatic heterocycles. The van der Waals surface area contributed by atoms with E-state index in [1.54, 1.807) is 0 Å². The molecule has 0 rings (SSSR count). The smallest absolute Gasteiger partial charge is 0.462 e. The normalized spacial score (nSPS) is 14.6. The van der Waals surface area contributed by atoms with Crippen LogP contribution >= 0.6 is 15.6 Å². The zero-order valence-electron chi connectivity index (χ0n) is 57.3. The van der Waals surface area contributed by atoms with E-state index in [-0.39, 0.29) is 25.7 Å². The van der Waals surface area contributed by atoms with E-state index in [9.17, 15) is 43.2 Å². The van der Waals surface area contributed by atoms with Crippen molar-refractivity contribution < 1.29 is 80.2 Å². The van der Waals surface area contributed by atoms with Crippen LogP contribution in [0.25, 0.3) is 0 Å². The average Bonchev–Trinajstić information content (AvgIpc) is 3.50. The summed E-state index contributed by atoms with van der Waals surface area (Å²) in [5, 5.41) is 10.6. The summed E-state index contributed by atoms with van der Waals surface area (Å²) in [4.78, 5) is 72.4. The Labute approximate surface area is 537 Å². The molecular weight excluding hydrogens is 1160 g/mol. The zero-order chi connectivity index (χ0) is 65.4. The first-order chi connectivity index (χ1) is 42.1. The van der Waals surface area contributed by atoms with Gasteiger partial charge in [0.05, 0.1) is 26.4 Å². The number of unbranched alkanes of at least 4 members (excludes halogenated alkanes) is 31. The highest BCUT2D eigenvalue weighted by Gasteiger charge is 2.30. The van der Waals surface area contributed by atoms with Gasteiger partial charge in [-0.3, -0.25) is 37.3 Å². The van der Waals surface area contributed by atoms with Gasteiger partial charge in [-0.2, -0.15) is 0 Å². The third-order valence-corrected chi connectivity index (χ3v) is 18.1. The number of aliphatic hydroxyl groups excluding tert-OH is 1. The maximum atomic E-state index is 13.0. The monoisotopic (exact) mass is 1300 g/mol. The summed E-state index contributed by atoms with van der Waals surface area (Å²) in [6, 6.07) is 0. The molecule has 0 aromatic heterocycles. The fourth-order valence-electron chi connectivity index (χ4n) is 10.3. The minimum Gasteiger partial charge on any atom is -0.462 e. The van der Waals surface area contributed by atoms with Crippen LogP contribution in [0.2, 0.25) is 0 Å². The number of hydrogen-bond donors (Lipinski definition) is 3. The molecule has 0 saturated heterocycles. The van der Waals surface area contributed by atoms with Crippen LogP contribution in [0, 0.1) is 23.7 Å². The van der Waals surface area contributed by atoms with E-state index < -0.39 is 97.5 Å². The van der Waals surface area contributed by atoms with Crippen LogP contribution in [0.4, 0.5) is 0 Å². The molecule has 0 saturated carbocycles. The molecule has 522 valence electrons. The lowest BCUT2D eigenvalue weighted by molar-refractivity contribution is -0.161. The molecule has 0 aromatic rings. The molecule has 0 fully saturated rings. The quantitative estimate of drug-likeness (QED) is 0.0222. The first-order valence-electron chi connectivity index (χ1n) is 35.7. The van der Waals surface area contributed by atoms with Gasteiger partial charge in [-0.15, -0.1) is 0 Å². The Bertz CT molecular complexity index is 1750. The molecular formula is C69H134O17P2. The molecule has 0 bridgehead atoms.